The first kappa shape index (κ1) is 28.7. The summed E-state index contributed by atoms with van der Waals surface area (Å²) in [6.07, 6.45) is 2.89. The molecule has 2 aliphatic rings. The van der Waals surface area contributed by atoms with Gasteiger partial charge in [0.25, 0.3) is 0 Å². The van der Waals surface area contributed by atoms with Gasteiger partial charge in [0.1, 0.15) is 5.69 Å². The van der Waals surface area contributed by atoms with Crippen molar-refractivity contribution in [2.75, 3.05) is 0 Å². The molecular formula is C43H30N4O2. The van der Waals surface area contributed by atoms with Crippen molar-refractivity contribution in [3.05, 3.63) is 163 Å². The van der Waals surface area contributed by atoms with Gasteiger partial charge in [-0.1, -0.05) is 121 Å². The van der Waals surface area contributed by atoms with E-state index in [9.17, 15) is 5.11 Å². The molecule has 9 rings (SSSR count). The van der Waals surface area contributed by atoms with Crippen LogP contribution in [0.2, 0.25) is 0 Å². The summed E-state index contributed by atoms with van der Waals surface area (Å²) < 4.78 is 6.26. The Labute approximate surface area is 282 Å². The Balaban J connectivity index is 1.49. The number of aliphatic hydroxyl groups is 1. The third kappa shape index (κ3) is 5.12. The van der Waals surface area contributed by atoms with Crippen molar-refractivity contribution in [2.45, 2.75) is 6.29 Å². The van der Waals surface area contributed by atoms with Crippen LogP contribution >= 0.6 is 0 Å². The third-order valence-electron chi connectivity index (χ3n) is 9.00. The normalized spacial score (nSPS) is 13.7. The molecule has 7 aromatic rings. The molecule has 6 heteroatoms. The lowest BCUT2D eigenvalue weighted by Gasteiger charge is -2.09. The Morgan fingerprint density at radius 3 is 1.24 bits per heavy atom. The highest BCUT2D eigenvalue weighted by molar-refractivity contribution is 5.97. The molecule has 8 bridgehead atoms. The van der Waals surface area contributed by atoms with Crippen LogP contribution in [-0.2, 0) is 0 Å². The Kier molecular flexibility index (Phi) is 6.99. The van der Waals surface area contributed by atoms with Crippen molar-refractivity contribution >= 4 is 34.2 Å². The standard InChI is InChI=1S/C43H30N4O2/c48-43-41-39(29-17-9-3-10-18-29)35-25-23-33(45-35)37(27-13-5-1-6-14-27)31-21-22-32(44-31)38(28-15-7-2-8-16-28)34-24-26-36(46-34)40(42(47-41)49-43)30-19-11-4-12-20-30/h1-26,43,45-46,48H/t43-/m0/s1. The van der Waals surface area contributed by atoms with E-state index in [2.05, 4.69) is 58.5 Å². The number of aliphatic hydroxyl groups excluding tert-OH is 1. The molecule has 0 radical (unpaired) electrons. The highest BCUT2D eigenvalue weighted by atomic mass is 16.6. The van der Waals surface area contributed by atoms with Crippen LogP contribution in [0.15, 0.2) is 146 Å². The molecular weight excluding hydrogens is 604 g/mol. The van der Waals surface area contributed by atoms with E-state index in [0.717, 1.165) is 78.0 Å². The van der Waals surface area contributed by atoms with Crippen molar-refractivity contribution in [3.63, 3.8) is 0 Å². The molecule has 6 nitrogen and oxygen atoms in total. The number of rotatable bonds is 4. The van der Waals surface area contributed by atoms with Gasteiger partial charge in [-0.05, 0) is 58.7 Å². The Morgan fingerprint density at radius 1 is 0.429 bits per heavy atom. The predicted octanol–water partition coefficient (Wildman–Crippen LogP) is 10.2. The Bertz CT molecular complexity index is 2520. The summed E-state index contributed by atoms with van der Waals surface area (Å²) >= 11 is 0. The van der Waals surface area contributed by atoms with Crippen LogP contribution in [0, 0.1) is 0 Å². The zero-order valence-electron chi connectivity index (χ0n) is 26.3. The van der Waals surface area contributed by atoms with Crippen LogP contribution < -0.4 is 4.74 Å². The molecule has 3 N–H and O–H groups in total. The summed E-state index contributed by atoms with van der Waals surface area (Å²) in [6.45, 7) is 0. The molecule has 0 spiro atoms. The summed E-state index contributed by atoms with van der Waals surface area (Å²) in [4.78, 5) is 17.8. The smallest absolute Gasteiger partial charge is 0.244 e. The first-order valence-electron chi connectivity index (χ1n) is 16.3. The molecule has 0 fully saturated rings. The number of fused-ring (bicyclic) bond motifs is 8. The largest absolute Gasteiger partial charge is 0.441 e. The van der Waals surface area contributed by atoms with Crippen molar-refractivity contribution in [2.24, 2.45) is 0 Å². The summed E-state index contributed by atoms with van der Waals surface area (Å²) in [5.74, 6) is 0.334. The lowest BCUT2D eigenvalue weighted by Crippen LogP contribution is -2.02. The molecule has 4 aromatic carbocycles. The van der Waals surface area contributed by atoms with Gasteiger partial charge in [0.05, 0.1) is 22.5 Å². The van der Waals surface area contributed by atoms with E-state index in [4.69, 9.17) is 14.7 Å². The van der Waals surface area contributed by atoms with Gasteiger partial charge in [-0.25, -0.2) is 9.97 Å². The number of benzene rings is 4. The van der Waals surface area contributed by atoms with Gasteiger partial charge in [-0.15, -0.1) is 0 Å². The molecule has 5 heterocycles. The van der Waals surface area contributed by atoms with E-state index >= 15 is 0 Å². The van der Waals surface area contributed by atoms with Gasteiger partial charge in [0.15, 0.2) is 0 Å². The van der Waals surface area contributed by atoms with E-state index < -0.39 is 6.29 Å². The van der Waals surface area contributed by atoms with E-state index in [0.29, 0.717) is 11.6 Å². The van der Waals surface area contributed by atoms with Crippen LogP contribution in [-0.4, -0.2) is 25.0 Å². The second-order valence-electron chi connectivity index (χ2n) is 12.0. The molecule has 0 amide bonds. The van der Waals surface area contributed by atoms with Crippen LogP contribution in [0.25, 0.3) is 78.7 Å². The van der Waals surface area contributed by atoms with E-state index in [1.54, 1.807) is 0 Å². The Hall–Kier alpha value is -6.50. The predicted molar refractivity (Wildman–Crippen MR) is 197 cm³/mol. The number of nitrogens with one attached hydrogen (secondary N) is 2. The molecule has 234 valence electrons. The second-order valence-corrected chi connectivity index (χ2v) is 12.0. The highest BCUT2D eigenvalue weighted by Gasteiger charge is 2.27. The van der Waals surface area contributed by atoms with E-state index in [1.807, 2.05) is 109 Å². The minimum atomic E-state index is -1.29. The van der Waals surface area contributed by atoms with E-state index in [1.165, 1.54) is 0 Å². The first-order valence-corrected chi connectivity index (χ1v) is 16.3. The minimum Gasteiger partial charge on any atom is -0.441 e. The average Bonchev–Trinajstić information content (AvgIpc) is 3.98. The fourth-order valence-electron chi connectivity index (χ4n) is 6.80. The van der Waals surface area contributed by atoms with Gasteiger partial charge in [0.2, 0.25) is 12.2 Å². The second kappa shape index (κ2) is 11.9. The monoisotopic (exact) mass is 634 g/mol. The number of aromatic amines is 2. The summed E-state index contributed by atoms with van der Waals surface area (Å²) in [7, 11) is 0. The number of H-pyrrole nitrogens is 2. The molecule has 0 saturated heterocycles. The molecule has 0 unspecified atom stereocenters. The van der Waals surface area contributed by atoms with Gasteiger partial charge in [-0.3, -0.25) is 0 Å². The number of hydrogen-bond donors (Lipinski definition) is 3. The summed E-state index contributed by atoms with van der Waals surface area (Å²) in [5.41, 5.74) is 12.8. The third-order valence-corrected chi connectivity index (χ3v) is 9.00. The van der Waals surface area contributed by atoms with Crippen molar-refractivity contribution < 1.29 is 9.84 Å². The van der Waals surface area contributed by atoms with Gasteiger partial charge in [0, 0.05) is 33.2 Å². The van der Waals surface area contributed by atoms with Crippen LogP contribution in [0.3, 0.4) is 0 Å². The fourth-order valence-corrected chi connectivity index (χ4v) is 6.80. The maximum Gasteiger partial charge on any atom is 0.244 e. The molecule has 0 saturated carbocycles. The molecule has 49 heavy (non-hydrogen) atoms. The molecule has 2 aliphatic heterocycles. The quantitative estimate of drug-likeness (QED) is 0.180. The topological polar surface area (TPSA) is 86.8 Å². The summed E-state index contributed by atoms with van der Waals surface area (Å²) in [5, 5.41) is 11.6. The SMILES string of the molecule is O[C@H]1Oc2nc1c(-c1ccccc1)c1ccc([nH]1)c(-c1ccccc1)c1nc(c(-c3ccccc3)c3ccc([nH]3)c2-c2ccccc2)C=C1. The highest BCUT2D eigenvalue weighted by Crippen LogP contribution is 2.42. The maximum absolute atomic E-state index is 11.6. The number of aromatic nitrogens is 4. The zero-order chi connectivity index (χ0) is 32.7. The van der Waals surface area contributed by atoms with Crippen molar-refractivity contribution in [3.8, 4) is 50.4 Å². The van der Waals surface area contributed by atoms with Crippen LogP contribution in [0.1, 0.15) is 23.4 Å². The van der Waals surface area contributed by atoms with Gasteiger partial charge in [-0.2, -0.15) is 0 Å². The van der Waals surface area contributed by atoms with Gasteiger partial charge < -0.3 is 19.8 Å². The van der Waals surface area contributed by atoms with Crippen LogP contribution in [0.4, 0.5) is 0 Å². The zero-order valence-corrected chi connectivity index (χ0v) is 26.3. The number of ether oxygens (including phenoxy) is 1. The number of nitrogens with zero attached hydrogens (tertiary/aromatic N) is 2. The van der Waals surface area contributed by atoms with Crippen LogP contribution in [0.5, 0.6) is 5.88 Å². The van der Waals surface area contributed by atoms with Crippen molar-refractivity contribution in [1.29, 1.82) is 0 Å². The van der Waals surface area contributed by atoms with Crippen molar-refractivity contribution in [1.82, 2.24) is 19.9 Å². The lowest BCUT2D eigenvalue weighted by molar-refractivity contribution is -0.00784. The average molecular weight is 635 g/mol. The maximum atomic E-state index is 11.6. The minimum absolute atomic E-state index is 0.334. The molecule has 0 aliphatic carbocycles. The Morgan fingerprint density at radius 2 is 0.796 bits per heavy atom. The van der Waals surface area contributed by atoms with Gasteiger partial charge >= 0.3 is 0 Å². The van der Waals surface area contributed by atoms with E-state index in [-0.39, 0.29) is 0 Å². The summed E-state index contributed by atoms with van der Waals surface area (Å²) in [6, 6.07) is 48.8. The number of hydrogen-bond acceptors (Lipinski definition) is 4. The molecule has 1 atom stereocenters. The first-order chi connectivity index (χ1) is 24.2. The fraction of sp³-hybridized carbons (Fsp3) is 0.0233. The lowest BCUT2D eigenvalue weighted by atomic mass is 10.0. The molecule has 3 aromatic heterocycles.